The van der Waals surface area contributed by atoms with Crippen molar-refractivity contribution in [3.8, 4) is 0 Å². The average molecular weight is 403 g/mol. The van der Waals surface area contributed by atoms with Crippen molar-refractivity contribution in [1.82, 2.24) is 29.9 Å². The van der Waals surface area contributed by atoms with E-state index in [1.54, 1.807) is 6.20 Å². The number of hydrogen-bond acceptors (Lipinski definition) is 4. The van der Waals surface area contributed by atoms with E-state index in [-0.39, 0.29) is 11.8 Å². The van der Waals surface area contributed by atoms with Crippen LogP contribution in [0.15, 0.2) is 54.9 Å². The molecule has 0 bridgehead atoms. The van der Waals surface area contributed by atoms with E-state index in [4.69, 9.17) is 0 Å². The Labute approximate surface area is 175 Å². The SMILES string of the molecule is Cc1cc(C(=O)NC[C@H](C)Cn2cccn2)c2c(C)nn(Cc3ccccc3)c2n1. The maximum Gasteiger partial charge on any atom is 0.252 e. The van der Waals surface area contributed by atoms with Crippen LogP contribution >= 0.6 is 0 Å². The Hall–Kier alpha value is -3.48. The highest BCUT2D eigenvalue weighted by Crippen LogP contribution is 2.23. The van der Waals surface area contributed by atoms with Gasteiger partial charge in [0.15, 0.2) is 5.65 Å². The number of amides is 1. The number of carbonyl (C=O) groups is 1. The van der Waals surface area contributed by atoms with Crippen LogP contribution < -0.4 is 5.32 Å². The summed E-state index contributed by atoms with van der Waals surface area (Å²) in [6.07, 6.45) is 3.69. The van der Waals surface area contributed by atoms with E-state index in [1.165, 1.54) is 0 Å². The quantitative estimate of drug-likeness (QED) is 0.514. The van der Waals surface area contributed by atoms with Gasteiger partial charge in [0.1, 0.15) is 0 Å². The lowest BCUT2D eigenvalue weighted by molar-refractivity contribution is 0.0948. The van der Waals surface area contributed by atoms with Gasteiger partial charge in [-0.3, -0.25) is 9.48 Å². The van der Waals surface area contributed by atoms with Gasteiger partial charge in [-0.05, 0) is 37.5 Å². The van der Waals surface area contributed by atoms with E-state index >= 15 is 0 Å². The first-order valence-corrected chi connectivity index (χ1v) is 10.2. The smallest absolute Gasteiger partial charge is 0.252 e. The van der Waals surface area contributed by atoms with Gasteiger partial charge in [-0.15, -0.1) is 0 Å². The number of aromatic nitrogens is 5. The maximum atomic E-state index is 13.0. The van der Waals surface area contributed by atoms with Crippen LogP contribution in [0.3, 0.4) is 0 Å². The Morgan fingerprint density at radius 3 is 2.70 bits per heavy atom. The van der Waals surface area contributed by atoms with Crippen LogP contribution in [0, 0.1) is 19.8 Å². The van der Waals surface area contributed by atoms with Gasteiger partial charge in [0.05, 0.1) is 23.2 Å². The predicted octanol–water partition coefficient (Wildman–Crippen LogP) is 3.36. The first-order valence-electron chi connectivity index (χ1n) is 10.2. The molecule has 0 aliphatic rings. The summed E-state index contributed by atoms with van der Waals surface area (Å²) in [5.74, 6) is 0.161. The van der Waals surface area contributed by atoms with Crippen molar-refractivity contribution in [1.29, 1.82) is 0 Å². The summed E-state index contributed by atoms with van der Waals surface area (Å²) < 4.78 is 3.76. The van der Waals surface area contributed by atoms with Crippen molar-refractivity contribution >= 4 is 16.9 Å². The topological polar surface area (TPSA) is 77.6 Å². The first-order chi connectivity index (χ1) is 14.5. The minimum Gasteiger partial charge on any atom is -0.352 e. The van der Waals surface area contributed by atoms with Gasteiger partial charge in [-0.1, -0.05) is 37.3 Å². The third kappa shape index (κ3) is 4.25. The lowest BCUT2D eigenvalue weighted by Gasteiger charge is -2.13. The van der Waals surface area contributed by atoms with Gasteiger partial charge >= 0.3 is 0 Å². The Bertz CT molecular complexity index is 1150. The molecule has 1 atom stereocenters. The standard InChI is InChI=1S/C23H26N6O/c1-16(14-28-11-7-10-25-28)13-24-23(30)20-12-17(2)26-22-21(20)18(3)27-29(22)15-19-8-5-4-6-9-19/h4-12,16H,13-15H2,1-3H3,(H,24,30)/t16-/m0/s1. The van der Waals surface area contributed by atoms with Gasteiger partial charge in [0.25, 0.3) is 5.91 Å². The van der Waals surface area contributed by atoms with Crippen molar-refractivity contribution in [3.05, 3.63) is 77.4 Å². The molecule has 3 aromatic heterocycles. The normalized spacial score (nSPS) is 12.2. The Balaban J connectivity index is 1.56. The molecular weight excluding hydrogens is 376 g/mol. The molecule has 1 N–H and O–H groups in total. The number of nitrogens with one attached hydrogen (secondary N) is 1. The van der Waals surface area contributed by atoms with Crippen LogP contribution in [-0.4, -0.2) is 37.0 Å². The van der Waals surface area contributed by atoms with Crippen molar-refractivity contribution in [2.45, 2.75) is 33.9 Å². The highest BCUT2D eigenvalue weighted by atomic mass is 16.1. The third-order valence-electron chi connectivity index (χ3n) is 5.09. The second kappa shape index (κ2) is 8.49. The van der Waals surface area contributed by atoms with Gasteiger partial charge in [0.2, 0.25) is 0 Å². The van der Waals surface area contributed by atoms with Crippen LogP contribution in [0.25, 0.3) is 11.0 Å². The third-order valence-corrected chi connectivity index (χ3v) is 5.09. The molecule has 0 radical (unpaired) electrons. The monoisotopic (exact) mass is 402 g/mol. The molecule has 30 heavy (non-hydrogen) atoms. The molecule has 1 aromatic carbocycles. The van der Waals surface area contributed by atoms with Crippen molar-refractivity contribution < 1.29 is 4.79 Å². The van der Waals surface area contributed by atoms with Crippen molar-refractivity contribution in [2.24, 2.45) is 5.92 Å². The van der Waals surface area contributed by atoms with Crippen molar-refractivity contribution in [3.63, 3.8) is 0 Å². The fourth-order valence-electron chi connectivity index (χ4n) is 3.68. The second-order valence-corrected chi connectivity index (χ2v) is 7.78. The maximum absolute atomic E-state index is 13.0. The Morgan fingerprint density at radius 2 is 1.97 bits per heavy atom. The van der Waals surface area contributed by atoms with Crippen LogP contribution in [0.1, 0.15) is 34.2 Å². The number of nitrogens with zero attached hydrogens (tertiary/aromatic N) is 5. The molecule has 7 heteroatoms. The number of carbonyl (C=O) groups excluding carboxylic acids is 1. The molecule has 1 amide bonds. The van der Waals surface area contributed by atoms with Crippen LogP contribution in [-0.2, 0) is 13.1 Å². The highest BCUT2D eigenvalue weighted by molar-refractivity contribution is 6.06. The molecule has 4 rings (SSSR count). The number of pyridine rings is 1. The van der Waals surface area contributed by atoms with E-state index in [0.29, 0.717) is 18.7 Å². The highest BCUT2D eigenvalue weighted by Gasteiger charge is 2.19. The van der Waals surface area contributed by atoms with Crippen molar-refractivity contribution in [2.75, 3.05) is 6.54 Å². The summed E-state index contributed by atoms with van der Waals surface area (Å²) in [5.41, 5.74) is 4.12. The minimum atomic E-state index is -0.0971. The number of benzene rings is 1. The second-order valence-electron chi connectivity index (χ2n) is 7.78. The molecule has 154 valence electrons. The molecule has 7 nitrogen and oxygen atoms in total. The van der Waals surface area contributed by atoms with Gasteiger partial charge in [0, 0.05) is 31.2 Å². The molecule has 0 aliphatic heterocycles. The van der Waals surface area contributed by atoms with Crippen LogP contribution in [0.4, 0.5) is 0 Å². The summed E-state index contributed by atoms with van der Waals surface area (Å²) in [6.45, 7) is 7.87. The molecule has 3 heterocycles. The first kappa shape index (κ1) is 19.8. The number of fused-ring (bicyclic) bond motifs is 1. The molecule has 0 saturated carbocycles. The van der Waals surface area contributed by atoms with E-state index in [1.807, 2.05) is 59.7 Å². The zero-order valence-corrected chi connectivity index (χ0v) is 17.5. The predicted molar refractivity (Wildman–Crippen MR) is 116 cm³/mol. The fraction of sp³-hybridized carbons (Fsp3) is 0.304. The van der Waals surface area contributed by atoms with Crippen LogP contribution in [0.5, 0.6) is 0 Å². The van der Waals surface area contributed by atoms with E-state index in [0.717, 1.165) is 34.5 Å². The molecule has 0 fully saturated rings. The number of rotatable bonds is 7. The number of hydrogen-bond donors (Lipinski definition) is 1. The van der Waals surface area contributed by atoms with Crippen LogP contribution in [0.2, 0.25) is 0 Å². The molecule has 0 aliphatic carbocycles. The minimum absolute atomic E-state index is 0.0971. The van der Waals surface area contributed by atoms with E-state index in [9.17, 15) is 4.79 Å². The average Bonchev–Trinajstić information content (AvgIpc) is 3.34. The summed E-state index contributed by atoms with van der Waals surface area (Å²) in [6, 6.07) is 13.9. The Morgan fingerprint density at radius 1 is 1.17 bits per heavy atom. The van der Waals surface area contributed by atoms with Gasteiger partial charge < -0.3 is 5.32 Å². The Kier molecular flexibility index (Phi) is 5.61. The summed E-state index contributed by atoms with van der Waals surface area (Å²) >= 11 is 0. The lowest BCUT2D eigenvalue weighted by Crippen LogP contribution is -2.30. The summed E-state index contributed by atoms with van der Waals surface area (Å²) in [7, 11) is 0. The zero-order valence-electron chi connectivity index (χ0n) is 17.5. The molecule has 0 saturated heterocycles. The van der Waals surface area contributed by atoms with E-state index < -0.39 is 0 Å². The summed E-state index contributed by atoms with van der Waals surface area (Å²) in [4.78, 5) is 17.7. The van der Waals surface area contributed by atoms with Gasteiger partial charge in [-0.25, -0.2) is 9.67 Å². The summed E-state index contributed by atoms with van der Waals surface area (Å²) in [5, 5.41) is 12.8. The molecule has 0 unspecified atom stereocenters. The molecular formula is C23H26N6O. The number of aryl methyl sites for hydroxylation is 2. The van der Waals surface area contributed by atoms with E-state index in [2.05, 4.69) is 39.6 Å². The largest absolute Gasteiger partial charge is 0.352 e. The lowest BCUT2D eigenvalue weighted by atomic mass is 10.1. The fourth-order valence-corrected chi connectivity index (χ4v) is 3.68. The zero-order chi connectivity index (χ0) is 21.1. The molecule has 4 aromatic rings. The van der Waals surface area contributed by atoms with Gasteiger partial charge in [-0.2, -0.15) is 10.2 Å². The molecule has 0 spiro atoms.